The van der Waals surface area contributed by atoms with Crippen LogP contribution in [0.4, 0.5) is 4.79 Å². The van der Waals surface area contributed by atoms with E-state index in [2.05, 4.69) is 60.5 Å². The lowest BCUT2D eigenvalue weighted by molar-refractivity contribution is 0.114. The molecule has 132 valence electrons. The third kappa shape index (κ3) is 4.40. The van der Waals surface area contributed by atoms with Crippen LogP contribution in [-0.4, -0.2) is 42.0 Å². The minimum absolute atomic E-state index is 0.0373. The van der Waals surface area contributed by atoms with Gasteiger partial charge in [0.2, 0.25) is 0 Å². The molecule has 1 fully saturated rings. The van der Waals surface area contributed by atoms with E-state index in [0.29, 0.717) is 12.6 Å². The van der Waals surface area contributed by atoms with Crippen LogP contribution in [0, 0.1) is 6.92 Å². The van der Waals surface area contributed by atoms with E-state index in [1.54, 1.807) is 0 Å². The second-order valence-electron chi connectivity index (χ2n) is 6.69. The number of amides is 2. The van der Waals surface area contributed by atoms with Gasteiger partial charge in [0.15, 0.2) is 0 Å². The Hall–Kier alpha value is -2.33. The van der Waals surface area contributed by atoms with E-state index < -0.39 is 0 Å². The largest absolute Gasteiger partial charge is 0.334 e. The van der Waals surface area contributed by atoms with Crippen molar-refractivity contribution in [2.45, 2.75) is 26.4 Å². The molecule has 1 heterocycles. The SMILES string of the molecule is Cc1ccccc1CNC(=O)N1CCN(C(C)c2ccccc2)CC1. The summed E-state index contributed by atoms with van der Waals surface area (Å²) < 4.78 is 0. The summed E-state index contributed by atoms with van der Waals surface area (Å²) in [6.45, 7) is 8.27. The summed E-state index contributed by atoms with van der Waals surface area (Å²) in [5.41, 5.74) is 3.72. The molecule has 1 aliphatic rings. The lowest BCUT2D eigenvalue weighted by Gasteiger charge is -2.38. The molecule has 2 amide bonds. The topological polar surface area (TPSA) is 35.6 Å². The molecule has 1 aliphatic heterocycles. The van der Waals surface area contributed by atoms with Crippen molar-refractivity contribution >= 4 is 6.03 Å². The van der Waals surface area contributed by atoms with Gasteiger partial charge in [-0.1, -0.05) is 54.6 Å². The summed E-state index contributed by atoms with van der Waals surface area (Å²) in [6.07, 6.45) is 0. The van der Waals surface area contributed by atoms with Crippen molar-refractivity contribution in [2.75, 3.05) is 26.2 Å². The van der Waals surface area contributed by atoms with Crippen molar-refractivity contribution in [3.63, 3.8) is 0 Å². The average Bonchev–Trinajstić information content (AvgIpc) is 2.67. The Bertz CT molecular complexity index is 693. The number of urea groups is 1. The first-order valence-electron chi connectivity index (χ1n) is 9.01. The summed E-state index contributed by atoms with van der Waals surface area (Å²) in [5.74, 6) is 0. The van der Waals surface area contributed by atoms with Gasteiger partial charge < -0.3 is 10.2 Å². The van der Waals surface area contributed by atoms with Crippen molar-refractivity contribution < 1.29 is 4.79 Å². The van der Waals surface area contributed by atoms with Crippen LogP contribution in [-0.2, 0) is 6.54 Å². The Morgan fingerprint density at radius 1 is 1.00 bits per heavy atom. The maximum Gasteiger partial charge on any atom is 0.317 e. The van der Waals surface area contributed by atoms with Gasteiger partial charge in [0.05, 0.1) is 0 Å². The van der Waals surface area contributed by atoms with Crippen molar-refractivity contribution in [3.05, 3.63) is 71.3 Å². The summed E-state index contributed by atoms with van der Waals surface area (Å²) in [5, 5.41) is 3.05. The smallest absolute Gasteiger partial charge is 0.317 e. The standard InChI is InChI=1S/C21H27N3O/c1-17-8-6-7-11-20(17)16-22-21(25)24-14-12-23(13-15-24)18(2)19-9-4-3-5-10-19/h3-11,18H,12-16H2,1-2H3,(H,22,25). The zero-order valence-electron chi connectivity index (χ0n) is 15.1. The van der Waals surface area contributed by atoms with Gasteiger partial charge in [0.1, 0.15) is 0 Å². The summed E-state index contributed by atoms with van der Waals surface area (Å²) in [7, 11) is 0. The second-order valence-corrected chi connectivity index (χ2v) is 6.69. The van der Waals surface area contributed by atoms with E-state index in [1.165, 1.54) is 16.7 Å². The number of hydrogen-bond acceptors (Lipinski definition) is 2. The minimum Gasteiger partial charge on any atom is -0.334 e. The van der Waals surface area contributed by atoms with E-state index in [0.717, 1.165) is 26.2 Å². The fraction of sp³-hybridized carbons (Fsp3) is 0.381. The molecule has 2 aromatic rings. The summed E-state index contributed by atoms with van der Waals surface area (Å²) >= 11 is 0. The Balaban J connectivity index is 1.48. The molecule has 4 heteroatoms. The Morgan fingerprint density at radius 3 is 2.32 bits per heavy atom. The van der Waals surface area contributed by atoms with Crippen molar-refractivity contribution in [1.82, 2.24) is 15.1 Å². The van der Waals surface area contributed by atoms with Crippen LogP contribution in [0.2, 0.25) is 0 Å². The highest BCUT2D eigenvalue weighted by molar-refractivity contribution is 5.74. The second kappa shape index (κ2) is 8.17. The molecule has 25 heavy (non-hydrogen) atoms. The van der Waals surface area contributed by atoms with Crippen LogP contribution in [0.3, 0.4) is 0 Å². The first kappa shape index (κ1) is 17.5. The highest BCUT2D eigenvalue weighted by atomic mass is 16.2. The van der Waals surface area contributed by atoms with E-state index >= 15 is 0 Å². The van der Waals surface area contributed by atoms with Gasteiger partial charge in [-0.05, 0) is 30.5 Å². The van der Waals surface area contributed by atoms with E-state index in [9.17, 15) is 4.79 Å². The number of nitrogens with one attached hydrogen (secondary N) is 1. The third-order valence-electron chi connectivity index (χ3n) is 5.12. The molecule has 1 atom stereocenters. The molecule has 1 N–H and O–H groups in total. The summed E-state index contributed by atoms with van der Waals surface area (Å²) in [6, 6.07) is 19.2. The zero-order valence-corrected chi connectivity index (χ0v) is 15.1. The van der Waals surface area contributed by atoms with Crippen LogP contribution in [0.5, 0.6) is 0 Å². The maximum absolute atomic E-state index is 12.4. The number of piperazine rings is 1. The van der Waals surface area contributed by atoms with Crippen molar-refractivity contribution in [2.24, 2.45) is 0 Å². The molecule has 4 nitrogen and oxygen atoms in total. The fourth-order valence-corrected chi connectivity index (χ4v) is 3.35. The van der Waals surface area contributed by atoms with E-state index in [-0.39, 0.29) is 6.03 Å². The molecule has 0 spiro atoms. The van der Waals surface area contributed by atoms with Crippen LogP contribution >= 0.6 is 0 Å². The molecule has 0 saturated carbocycles. The molecular formula is C21H27N3O. The average molecular weight is 337 g/mol. The molecule has 0 aromatic heterocycles. The molecule has 1 unspecified atom stereocenters. The van der Waals surface area contributed by atoms with Gasteiger partial charge in [0, 0.05) is 38.8 Å². The maximum atomic E-state index is 12.4. The van der Waals surface area contributed by atoms with Gasteiger partial charge in [-0.3, -0.25) is 4.90 Å². The molecule has 0 aliphatic carbocycles. The molecule has 3 rings (SSSR count). The van der Waals surface area contributed by atoms with Crippen LogP contribution in [0.15, 0.2) is 54.6 Å². The van der Waals surface area contributed by atoms with Gasteiger partial charge >= 0.3 is 6.03 Å². The predicted octanol–water partition coefficient (Wildman–Crippen LogP) is 3.58. The Kier molecular flexibility index (Phi) is 5.71. The van der Waals surface area contributed by atoms with Crippen LogP contribution < -0.4 is 5.32 Å². The number of rotatable bonds is 4. The lowest BCUT2D eigenvalue weighted by Crippen LogP contribution is -2.52. The normalized spacial score (nSPS) is 16.5. The van der Waals surface area contributed by atoms with Crippen molar-refractivity contribution in [3.8, 4) is 0 Å². The van der Waals surface area contributed by atoms with E-state index in [1.807, 2.05) is 23.1 Å². The Morgan fingerprint density at radius 2 is 1.64 bits per heavy atom. The van der Waals surface area contributed by atoms with Crippen LogP contribution in [0.25, 0.3) is 0 Å². The quantitative estimate of drug-likeness (QED) is 0.925. The zero-order chi connectivity index (χ0) is 17.6. The highest BCUT2D eigenvalue weighted by Gasteiger charge is 2.24. The number of carbonyl (C=O) groups is 1. The number of carbonyl (C=O) groups excluding carboxylic acids is 1. The molecule has 2 aromatic carbocycles. The lowest BCUT2D eigenvalue weighted by atomic mass is 10.1. The summed E-state index contributed by atoms with van der Waals surface area (Å²) in [4.78, 5) is 16.8. The van der Waals surface area contributed by atoms with E-state index in [4.69, 9.17) is 0 Å². The van der Waals surface area contributed by atoms with Gasteiger partial charge in [0.25, 0.3) is 0 Å². The van der Waals surface area contributed by atoms with Crippen molar-refractivity contribution in [1.29, 1.82) is 0 Å². The fourth-order valence-electron chi connectivity index (χ4n) is 3.35. The monoisotopic (exact) mass is 337 g/mol. The molecular weight excluding hydrogens is 310 g/mol. The molecule has 0 radical (unpaired) electrons. The first-order chi connectivity index (χ1) is 12.1. The Labute approximate surface area is 150 Å². The van der Waals surface area contributed by atoms with Gasteiger partial charge in [-0.25, -0.2) is 4.79 Å². The van der Waals surface area contributed by atoms with Crippen LogP contribution in [0.1, 0.15) is 29.7 Å². The highest BCUT2D eigenvalue weighted by Crippen LogP contribution is 2.21. The minimum atomic E-state index is 0.0373. The number of nitrogens with zero attached hydrogens (tertiary/aromatic N) is 2. The molecule has 0 bridgehead atoms. The number of aryl methyl sites for hydroxylation is 1. The van der Waals surface area contributed by atoms with Gasteiger partial charge in [-0.15, -0.1) is 0 Å². The predicted molar refractivity (Wildman–Crippen MR) is 101 cm³/mol. The van der Waals surface area contributed by atoms with Gasteiger partial charge in [-0.2, -0.15) is 0 Å². The number of hydrogen-bond donors (Lipinski definition) is 1. The third-order valence-corrected chi connectivity index (χ3v) is 5.12. The number of benzene rings is 2. The first-order valence-corrected chi connectivity index (χ1v) is 9.01. The molecule has 1 saturated heterocycles.